The molecule has 2 heterocycles. The summed E-state index contributed by atoms with van der Waals surface area (Å²) >= 11 is 0. The molecule has 0 aromatic heterocycles. The number of allylic oxidation sites excluding steroid dienone is 1. The molecule has 3 aliphatic rings. The van der Waals surface area contributed by atoms with Crippen LogP contribution in [0.3, 0.4) is 0 Å². The van der Waals surface area contributed by atoms with E-state index in [0.29, 0.717) is 30.1 Å². The zero-order valence-corrected chi connectivity index (χ0v) is 11.5. The lowest BCUT2D eigenvalue weighted by atomic mass is 9.66. The minimum absolute atomic E-state index is 0.0164. The summed E-state index contributed by atoms with van der Waals surface area (Å²) in [5, 5.41) is 0. The summed E-state index contributed by atoms with van der Waals surface area (Å²) in [4.78, 5) is 12.0. The maximum atomic E-state index is 12.0. The summed E-state index contributed by atoms with van der Waals surface area (Å²) in [5.74, 6) is 2.39. The van der Waals surface area contributed by atoms with Gasteiger partial charge < -0.3 is 4.74 Å². The Kier molecular flexibility index (Phi) is 2.74. The van der Waals surface area contributed by atoms with Crippen molar-refractivity contribution in [3.8, 4) is 0 Å². The van der Waals surface area contributed by atoms with Crippen LogP contribution >= 0.6 is 0 Å². The molecule has 0 amide bonds. The number of Topliss-reactive ketones (excluding diaryl/α,β-unsaturated/α-hetero) is 1. The van der Waals surface area contributed by atoms with Crippen LogP contribution in [-0.4, -0.2) is 18.0 Å². The number of ether oxygens (including phenoxy) is 1. The van der Waals surface area contributed by atoms with Gasteiger partial charge >= 0.3 is 0 Å². The van der Waals surface area contributed by atoms with E-state index in [9.17, 15) is 4.79 Å². The molecular formula is C16H22O2. The van der Waals surface area contributed by atoms with Crippen molar-refractivity contribution < 1.29 is 9.53 Å². The molecule has 2 fully saturated rings. The summed E-state index contributed by atoms with van der Waals surface area (Å²) in [7, 11) is 0. The zero-order valence-electron chi connectivity index (χ0n) is 11.5. The molecule has 0 aromatic rings. The Morgan fingerprint density at radius 1 is 1.44 bits per heavy atom. The Morgan fingerprint density at radius 2 is 2.17 bits per heavy atom. The third kappa shape index (κ3) is 1.55. The van der Waals surface area contributed by atoms with E-state index in [-0.39, 0.29) is 18.0 Å². The van der Waals surface area contributed by atoms with Gasteiger partial charge in [-0.2, -0.15) is 0 Å². The van der Waals surface area contributed by atoms with Gasteiger partial charge in [0, 0.05) is 23.8 Å². The standard InChI is InChI=1S/C16H22O2/c1-8(2)11-6-5-9(3)14-13-7-12(17)10(4)16(18-13)15(11)14/h5,8,11,13-16H,4,6-7H2,1-3H3/t11-,13-,14-,15-,16+/m1/s1. The second-order valence-electron chi connectivity index (χ2n) is 6.44. The van der Waals surface area contributed by atoms with Crippen LogP contribution in [0.15, 0.2) is 23.8 Å². The number of carbonyl (C=O) groups is 1. The summed E-state index contributed by atoms with van der Waals surface area (Å²) in [6, 6.07) is 0. The Balaban J connectivity index is 2.02. The molecule has 0 radical (unpaired) electrons. The summed E-state index contributed by atoms with van der Waals surface area (Å²) in [6.07, 6.45) is 4.11. The molecule has 3 rings (SSSR count). The fourth-order valence-corrected chi connectivity index (χ4v) is 4.18. The van der Waals surface area contributed by atoms with Crippen LogP contribution in [-0.2, 0) is 9.53 Å². The first-order valence-corrected chi connectivity index (χ1v) is 7.04. The molecule has 5 atom stereocenters. The van der Waals surface area contributed by atoms with Crippen LogP contribution in [0.1, 0.15) is 33.6 Å². The molecule has 0 N–H and O–H groups in total. The predicted octanol–water partition coefficient (Wildman–Crippen LogP) is 3.14. The lowest BCUT2D eigenvalue weighted by Crippen LogP contribution is -2.35. The molecule has 0 unspecified atom stereocenters. The van der Waals surface area contributed by atoms with Gasteiger partial charge in [-0.05, 0) is 25.2 Å². The third-order valence-electron chi connectivity index (χ3n) is 5.16. The summed E-state index contributed by atoms with van der Waals surface area (Å²) < 4.78 is 6.12. The minimum Gasteiger partial charge on any atom is -0.369 e. The Morgan fingerprint density at radius 3 is 2.83 bits per heavy atom. The number of ketones is 1. The average Bonchev–Trinajstić information content (AvgIpc) is 2.63. The maximum absolute atomic E-state index is 12.0. The van der Waals surface area contributed by atoms with E-state index >= 15 is 0 Å². The quantitative estimate of drug-likeness (QED) is 0.525. The molecule has 18 heavy (non-hydrogen) atoms. The number of hydrogen-bond donors (Lipinski definition) is 0. The first kappa shape index (κ1) is 12.2. The van der Waals surface area contributed by atoms with Gasteiger partial charge in [-0.1, -0.05) is 32.1 Å². The summed E-state index contributed by atoms with van der Waals surface area (Å²) in [5.41, 5.74) is 2.14. The van der Waals surface area contributed by atoms with Crippen LogP contribution in [0.4, 0.5) is 0 Å². The van der Waals surface area contributed by atoms with Gasteiger partial charge in [-0.15, -0.1) is 0 Å². The first-order valence-electron chi connectivity index (χ1n) is 7.04. The van der Waals surface area contributed by atoms with Crippen LogP contribution in [0, 0.1) is 23.7 Å². The first-order chi connectivity index (χ1) is 8.50. The Labute approximate surface area is 109 Å². The fourth-order valence-electron chi connectivity index (χ4n) is 4.18. The highest BCUT2D eigenvalue weighted by Gasteiger charge is 2.55. The molecule has 2 aliphatic heterocycles. The molecule has 0 saturated carbocycles. The monoisotopic (exact) mass is 246 g/mol. The van der Waals surface area contributed by atoms with Crippen molar-refractivity contribution in [2.24, 2.45) is 23.7 Å². The van der Waals surface area contributed by atoms with Gasteiger partial charge in [0.05, 0.1) is 12.2 Å². The molecule has 0 spiro atoms. The smallest absolute Gasteiger partial charge is 0.163 e. The highest BCUT2D eigenvalue weighted by Crippen LogP contribution is 2.53. The third-order valence-corrected chi connectivity index (χ3v) is 5.16. The minimum atomic E-state index is -0.0164. The molecule has 2 bridgehead atoms. The fraction of sp³-hybridized carbons (Fsp3) is 0.688. The van der Waals surface area contributed by atoms with Crippen molar-refractivity contribution >= 4 is 5.78 Å². The highest BCUT2D eigenvalue weighted by molar-refractivity contribution is 5.97. The van der Waals surface area contributed by atoms with Gasteiger partial charge in [0.15, 0.2) is 5.78 Å². The van der Waals surface area contributed by atoms with Gasteiger partial charge in [0.1, 0.15) is 0 Å². The van der Waals surface area contributed by atoms with Crippen molar-refractivity contribution in [1.29, 1.82) is 0 Å². The largest absolute Gasteiger partial charge is 0.369 e. The maximum Gasteiger partial charge on any atom is 0.163 e. The van der Waals surface area contributed by atoms with Crippen molar-refractivity contribution in [3.63, 3.8) is 0 Å². The van der Waals surface area contributed by atoms with Crippen LogP contribution < -0.4 is 0 Å². The van der Waals surface area contributed by atoms with Gasteiger partial charge in [-0.3, -0.25) is 4.79 Å². The van der Waals surface area contributed by atoms with Crippen LogP contribution in [0.5, 0.6) is 0 Å². The van der Waals surface area contributed by atoms with Crippen molar-refractivity contribution in [2.45, 2.75) is 45.8 Å². The second kappa shape index (κ2) is 4.06. The van der Waals surface area contributed by atoms with E-state index in [1.54, 1.807) is 0 Å². The van der Waals surface area contributed by atoms with Crippen LogP contribution in [0.2, 0.25) is 0 Å². The number of carbonyl (C=O) groups excluding carboxylic acids is 1. The number of rotatable bonds is 1. The Bertz CT molecular complexity index is 432. The Hall–Kier alpha value is -0.890. The average molecular weight is 246 g/mol. The van der Waals surface area contributed by atoms with E-state index in [2.05, 4.69) is 33.4 Å². The highest BCUT2D eigenvalue weighted by atomic mass is 16.5. The zero-order chi connectivity index (χ0) is 13.0. The molecular weight excluding hydrogens is 224 g/mol. The van der Waals surface area contributed by atoms with Gasteiger partial charge in [0.2, 0.25) is 0 Å². The molecule has 2 saturated heterocycles. The lowest BCUT2D eigenvalue weighted by molar-refractivity contribution is -0.123. The van der Waals surface area contributed by atoms with Gasteiger partial charge in [-0.25, -0.2) is 0 Å². The number of fused-ring (bicyclic) bond motifs is 5. The summed E-state index contributed by atoms with van der Waals surface area (Å²) in [6.45, 7) is 10.8. The molecule has 98 valence electrons. The topological polar surface area (TPSA) is 26.3 Å². The second-order valence-corrected chi connectivity index (χ2v) is 6.44. The molecule has 0 aromatic carbocycles. The number of hydrogen-bond acceptors (Lipinski definition) is 2. The van der Waals surface area contributed by atoms with E-state index < -0.39 is 0 Å². The normalized spacial score (nSPS) is 43.1. The lowest BCUT2D eigenvalue weighted by Gasteiger charge is -2.37. The van der Waals surface area contributed by atoms with Crippen molar-refractivity contribution in [3.05, 3.63) is 23.8 Å². The molecule has 2 heteroatoms. The molecule has 2 nitrogen and oxygen atoms in total. The SMILES string of the molecule is C=C1C(=O)C[C@H]2O[C@@H]1[C@H]1[C@@H]2C(C)=CC[C@@H]1C(C)C. The van der Waals surface area contributed by atoms with E-state index in [0.717, 1.165) is 12.0 Å². The predicted molar refractivity (Wildman–Crippen MR) is 71.1 cm³/mol. The molecule has 1 aliphatic carbocycles. The van der Waals surface area contributed by atoms with E-state index in [4.69, 9.17) is 4.74 Å². The van der Waals surface area contributed by atoms with Crippen molar-refractivity contribution in [1.82, 2.24) is 0 Å². The van der Waals surface area contributed by atoms with Crippen molar-refractivity contribution in [2.75, 3.05) is 0 Å². The van der Waals surface area contributed by atoms with Gasteiger partial charge in [0.25, 0.3) is 0 Å². The van der Waals surface area contributed by atoms with E-state index in [1.165, 1.54) is 5.57 Å². The van der Waals surface area contributed by atoms with E-state index in [1.807, 2.05) is 0 Å². The van der Waals surface area contributed by atoms with Crippen LogP contribution in [0.25, 0.3) is 0 Å².